The van der Waals surface area contributed by atoms with E-state index in [0.29, 0.717) is 29.6 Å². The molecule has 4 N–H and O–H groups in total. The molecule has 0 spiro atoms. The number of ether oxygens (including phenoxy) is 1. The lowest BCUT2D eigenvalue weighted by Crippen LogP contribution is -2.38. The summed E-state index contributed by atoms with van der Waals surface area (Å²) >= 11 is 1.26. The molecule has 3 amide bonds. The molecule has 3 unspecified atom stereocenters. The van der Waals surface area contributed by atoms with Crippen LogP contribution in [0.5, 0.6) is 5.75 Å². The van der Waals surface area contributed by atoms with Gasteiger partial charge in [-0.2, -0.15) is 0 Å². The first-order valence-electron chi connectivity index (χ1n) is 13.1. The zero-order valence-electron chi connectivity index (χ0n) is 21.7. The van der Waals surface area contributed by atoms with Gasteiger partial charge in [0.15, 0.2) is 5.17 Å². The van der Waals surface area contributed by atoms with Crippen molar-refractivity contribution in [1.82, 2.24) is 4.90 Å². The topological polar surface area (TPSA) is 134 Å². The second-order valence-corrected chi connectivity index (χ2v) is 11.0. The lowest BCUT2D eigenvalue weighted by atomic mass is 10.0. The Balaban J connectivity index is 1.38. The molecule has 0 saturated carbocycles. The van der Waals surface area contributed by atoms with Crippen molar-refractivity contribution in [2.24, 2.45) is 16.6 Å². The third kappa shape index (κ3) is 6.70. The minimum atomic E-state index is -0.664. The van der Waals surface area contributed by atoms with Gasteiger partial charge in [0.25, 0.3) is 0 Å². The highest BCUT2D eigenvalue weighted by molar-refractivity contribution is 8.15. The summed E-state index contributed by atoms with van der Waals surface area (Å²) < 4.78 is 5.91. The monoisotopic (exact) mass is 558 g/mol. The van der Waals surface area contributed by atoms with E-state index in [4.69, 9.17) is 15.5 Å². The maximum atomic E-state index is 13.6. The van der Waals surface area contributed by atoms with Gasteiger partial charge in [-0.1, -0.05) is 60.3 Å². The highest BCUT2D eigenvalue weighted by Crippen LogP contribution is 2.36. The van der Waals surface area contributed by atoms with Crippen LogP contribution in [-0.2, 0) is 19.1 Å². The van der Waals surface area contributed by atoms with Crippen LogP contribution < -0.4 is 11.1 Å². The Labute approximate surface area is 236 Å². The van der Waals surface area contributed by atoms with Gasteiger partial charge in [-0.25, -0.2) is 4.99 Å². The van der Waals surface area contributed by atoms with Crippen LogP contribution >= 0.6 is 11.8 Å². The Hall–Kier alpha value is -4.15. The lowest BCUT2D eigenvalue weighted by Gasteiger charge is -2.20. The second-order valence-electron chi connectivity index (χ2n) is 9.86. The first-order chi connectivity index (χ1) is 19.4. The van der Waals surface area contributed by atoms with Crippen molar-refractivity contribution in [1.29, 1.82) is 0 Å². The van der Waals surface area contributed by atoms with Gasteiger partial charge >= 0.3 is 0 Å². The van der Waals surface area contributed by atoms with Crippen LogP contribution in [0.2, 0.25) is 0 Å². The summed E-state index contributed by atoms with van der Waals surface area (Å²) in [6.45, 7) is 0.675. The van der Waals surface area contributed by atoms with E-state index in [-0.39, 0.29) is 54.9 Å². The number of amides is 3. The van der Waals surface area contributed by atoms with Gasteiger partial charge in [-0.05, 0) is 48.2 Å². The Bertz CT molecular complexity index is 1410. The van der Waals surface area contributed by atoms with Crippen LogP contribution in [0.1, 0.15) is 19.3 Å². The summed E-state index contributed by atoms with van der Waals surface area (Å²) in [7, 11) is 0. The van der Waals surface area contributed by atoms with E-state index >= 15 is 0 Å². The molecule has 0 radical (unpaired) electrons. The van der Waals surface area contributed by atoms with E-state index in [0.717, 1.165) is 11.1 Å². The molecule has 2 fully saturated rings. The molecule has 2 saturated heterocycles. The Kier molecular flexibility index (Phi) is 8.47. The highest BCUT2D eigenvalue weighted by Gasteiger charge is 2.41. The largest absolute Gasteiger partial charge is 0.508 e. The van der Waals surface area contributed by atoms with Crippen LogP contribution in [0.25, 0.3) is 11.1 Å². The number of anilines is 1. The van der Waals surface area contributed by atoms with Crippen LogP contribution in [0.4, 0.5) is 11.4 Å². The van der Waals surface area contributed by atoms with E-state index in [1.165, 1.54) is 23.9 Å². The second kappa shape index (κ2) is 12.4. The normalized spacial score (nSPS) is 21.6. The van der Waals surface area contributed by atoms with Crippen LogP contribution in [-0.4, -0.2) is 57.4 Å². The van der Waals surface area contributed by atoms with E-state index in [9.17, 15) is 19.5 Å². The minimum absolute atomic E-state index is 0.0129. The summed E-state index contributed by atoms with van der Waals surface area (Å²) in [5, 5.41) is 12.1. The number of nitrogens with one attached hydrogen (secondary N) is 1. The average molecular weight is 559 g/mol. The number of amidine groups is 1. The number of aromatic hydroxyl groups is 1. The Morgan fingerprint density at radius 2 is 1.75 bits per heavy atom. The molecule has 3 atom stereocenters. The zero-order valence-corrected chi connectivity index (χ0v) is 22.5. The molecule has 3 aromatic rings. The maximum Gasteiger partial charge on any atom is 0.242 e. The van der Waals surface area contributed by atoms with Gasteiger partial charge < -0.3 is 20.9 Å². The number of rotatable bonds is 9. The van der Waals surface area contributed by atoms with E-state index in [1.54, 1.807) is 17.0 Å². The van der Waals surface area contributed by atoms with Gasteiger partial charge in [0, 0.05) is 24.1 Å². The summed E-state index contributed by atoms with van der Waals surface area (Å²) in [6.07, 6.45) is 0.533. The zero-order chi connectivity index (χ0) is 28.1. The van der Waals surface area contributed by atoms with Crippen LogP contribution in [0.3, 0.4) is 0 Å². The summed E-state index contributed by atoms with van der Waals surface area (Å²) in [5.41, 5.74) is 8.54. The maximum absolute atomic E-state index is 13.6. The first-order valence-corrected chi connectivity index (χ1v) is 13.9. The van der Waals surface area contributed by atoms with Crippen molar-refractivity contribution < 1.29 is 24.2 Å². The third-order valence-corrected chi connectivity index (χ3v) is 7.96. The minimum Gasteiger partial charge on any atom is -0.508 e. The number of hydrogen-bond acceptors (Lipinski definition) is 7. The fourth-order valence-electron chi connectivity index (χ4n) is 4.89. The van der Waals surface area contributed by atoms with Crippen molar-refractivity contribution in [3.8, 4) is 16.9 Å². The number of benzene rings is 3. The molecule has 0 aromatic heterocycles. The van der Waals surface area contributed by atoms with Gasteiger partial charge in [-0.3, -0.25) is 19.3 Å². The molecule has 10 heteroatoms. The molecule has 206 valence electrons. The van der Waals surface area contributed by atoms with Crippen LogP contribution in [0, 0.1) is 5.92 Å². The van der Waals surface area contributed by atoms with Gasteiger partial charge in [0.2, 0.25) is 17.7 Å². The number of carbonyl (C=O) groups is 3. The molecule has 2 aliphatic heterocycles. The van der Waals surface area contributed by atoms with Crippen molar-refractivity contribution in [3.63, 3.8) is 0 Å². The first kappa shape index (κ1) is 27.4. The molecular formula is C30H30N4O5S. The number of nitrogens with two attached hydrogens (primary N) is 1. The van der Waals surface area contributed by atoms with Crippen LogP contribution in [0.15, 0.2) is 83.9 Å². The molecule has 5 rings (SSSR count). The highest BCUT2D eigenvalue weighted by atomic mass is 32.2. The number of phenols is 1. The van der Waals surface area contributed by atoms with Crippen molar-refractivity contribution in [3.05, 3.63) is 78.9 Å². The molecule has 3 aromatic carbocycles. The smallest absolute Gasteiger partial charge is 0.242 e. The molecular weight excluding hydrogens is 528 g/mol. The number of carbonyl (C=O) groups excluding carboxylic acids is 3. The Morgan fingerprint density at radius 3 is 2.50 bits per heavy atom. The standard InChI is InChI=1S/C30H30N4O5S/c31-27(36)15-19-14-23(39-18-19)17-34-29(38)26(16-28(37)32-21-10-12-22(35)13-11-21)40-30(34)33-25-9-5-4-8-24(25)20-6-2-1-3-7-20/h1-13,19,23,26,35H,14-18H2,(H2,31,36)(H,32,37). The quantitative estimate of drug-likeness (QED) is 0.335. The Morgan fingerprint density at radius 1 is 1.02 bits per heavy atom. The number of thioether (sulfide) groups is 1. The average Bonchev–Trinajstić information content (AvgIpc) is 3.49. The van der Waals surface area contributed by atoms with Crippen molar-refractivity contribution in [2.45, 2.75) is 30.6 Å². The SMILES string of the molecule is NC(=O)CC1COC(CN2C(=O)C(CC(=O)Nc3ccc(O)cc3)SC2=Nc2ccccc2-c2ccccc2)C1. The summed E-state index contributed by atoms with van der Waals surface area (Å²) in [4.78, 5) is 44.4. The predicted octanol–water partition coefficient (Wildman–Crippen LogP) is 4.30. The summed E-state index contributed by atoms with van der Waals surface area (Å²) in [6, 6.07) is 23.8. The molecule has 40 heavy (non-hydrogen) atoms. The van der Waals surface area contributed by atoms with Crippen molar-refractivity contribution >= 4 is 46.0 Å². The number of phenolic OH excluding ortho intramolecular Hbond substituents is 1. The van der Waals surface area contributed by atoms with E-state index in [2.05, 4.69) is 5.32 Å². The summed E-state index contributed by atoms with van der Waals surface area (Å²) in [5.74, 6) is -0.802. The van der Waals surface area contributed by atoms with Gasteiger partial charge in [0.1, 0.15) is 11.0 Å². The number of hydrogen-bond donors (Lipinski definition) is 3. The molecule has 2 aliphatic rings. The number of para-hydroxylation sites is 1. The fourth-order valence-corrected chi connectivity index (χ4v) is 6.05. The molecule has 0 aliphatic carbocycles. The van der Waals surface area contributed by atoms with E-state index < -0.39 is 5.25 Å². The number of aliphatic imine (C=N–C) groups is 1. The van der Waals surface area contributed by atoms with Gasteiger partial charge in [-0.15, -0.1) is 0 Å². The fraction of sp³-hybridized carbons (Fsp3) is 0.267. The number of nitrogens with zero attached hydrogens (tertiary/aromatic N) is 2. The van der Waals surface area contributed by atoms with Crippen molar-refractivity contribution in [2.75, 3.05) is 18.5 Å². The molecule has 2 heterocycles. The third-order valence-electron chi connectivity index (χ3n) is 6.79. The predicted molar refractivity (Wildman–Crippen MR) is 155 cm³/mol. The van der Waals surface area contributed by atoms with E-state index in [1.807, 2.05) is 54.6 Å². The molecule has 9 nitrogen and oxygen atoms in total. The number of primary amides is 1. The van der Waals surface area contributed by atoms with Gasteiger partial charge in [0.05, 0.1) is 24.9 Å². The lowest BCUT2D eigenvalue weighted by molar-refractivity contribution is -0.129. The molecule has 0 bridgehead atoms.